The predicted molar refractivity (Wildman–Crippen MR) is 85.9 cm³/mol. The molecule has 5 nitrogen and oxygen atoms in total. The van der Waals surface area contributed by atoms with Crippen molar-refractivity contribution in [2.45, 2.75) is 6.54 Å². The van der Waals surface area contributed by atoms with Crippen molar-refractivity contribution >= 4 is 21.6 Å². The van der Waals surface area contributed by atoms with Crippen molar-refractivity contribution in [3.05, 3.63) is 59.1 Å². The topological polar surface area (TPSA) is 55.6 Å². The minimum Gasteiger partial charge on any atom is -0.383 e. The van der Waals surface area contributed by atoms with E-state index in [-0.39, 0.29) is 0 Å². The molecule has 0 bridgehead atoms. The lowest BCUT2D eigenvalue weighted by Crippen LogP contribution is -2.12. The minimum atomic E-state index is 0.651. The van der Waals surface area contributed by atoms with Gasteiger partial charge in [-0.05, 0) is 23.4 Å². The Kier molecular flexibility index (Phi) is 4.25. The molecule has 6 heteroatoms. The normalized spacial score (nSPS) is 10.5. The van der Waals surface area contributed by atoms with Crippen molar-refractivity contribution in [3.8, 4) is 11.4 Å². The lowest BCUT2D eigenvalue weighted by Gasteiger charge is -2.05. The number of halogens is 1. The Morgan fingerprint density at radius 3 is 2.71 bits per heavy atom. The number of aromatic nitrogens is 4. The molecule has 1 aromatic heterocycles. The quantitative estimate of drug-likeness (QED) is 0.772. The van der Waals surface area contributed by atoms with Crippen LogP contribution in [0.5, 0.6) is 0 Å². The zero-order valence-electron chi connectivity index (χ0n) is 11.3. The Bertz CT molecular complexity index is 711. The molecule has 0 aliphatic rings. The molecule has 21 heavy (non-hydrogen) atoms. The van der Waals surface area contributed by atoms with Gasteiger partial charge in [0.15, 0.2) is 0 Å². The summed E-state index contributed by atoms with van der Waals surface area (Å²) >= 11 is 3.45. The van der Waals surface area contributed by atoms with Crippen molar-refractivity contribution in [1.29, 1.82) is 0 Å². The van der Waals surface area contributed by atoms with Crippen LogP contribution >= 0.6 is 15.9 Å². The van der Waals surface area contributed by atoms with E-state index < -0.39 is 0 Å². The van der Waals surface area contributed by atoms with Gasteiger partial charge in [0.2, 0.25) is 5.82 Å². The second-order valence-electron chi connectivity index (χ2n) is 4.51. The first kappa shape index (κ1) is 13.8. The van der Waals surface area contributed by atoms with Crippen LogP contribution in [-0.2, 0) is 6.54 Å². The smallest absolute Gasteiger partial charge is 0.204 e. The number of anilines is 1. The Hall–Kier alpha value is -2.21. The summed E-state index contributed by atoms with van der Waals surface area (Å²) in [5.74, 6) is 0.651. The van der Waals surface area contributed by atoms with Gasteiger partial charge in [-0.2, -0.15) is 4.80 Å². The third kappa shape index (κ3) is 3.66. The maximum absolute atomic E-state index is 4.37. The Morgan fingerprint density at radius 2 is 1.90 bits per heavy atom. The molecular formula is C15H14BrN5. The van der Waals surface area contributed by atoms with Crippen molar-refractivity contribution in [3.63, 3.8) is 0 Å². The molecular weight excluding hydrogens is 330 g/mol. The molecule has 0 aliphatic heterocycles. The number of benzene rings is 2. The average molecular weight is 344 g/mol. The van der Waals surface area contributed by atoms with E-state index in [1.165, 1.54) is 0 Å². The fraction of sp³-hybridized carbons (Fsp3) is 0.133. The SMILES string of the molecule is Brc1cccc(NCCn2nnc(-c3ccccc3)n2)c1. The lowest BCUT2D eigenvalue weighted by atomic mass is 10.2. The van der Waals surface area contributed by atoms with Gasteiger partial charge in [0.1, 0.15) is 0 Å². The van der Waals surface area contributed by atoms with Crippen LogP contribution in [0.3, 0.4) is 0 Å². The molecule has 0 amide bonds. The molecule has 0 aliphatic carbocycles. The Labute approximate surface area is 131 Å². The summed E-state index contributed by atoms with van der Waals surface area (Å²) in [6.07, 6.45) is 0. The maximum Gasteiger partial charge on any atom is 0.204 e. The van der Waals surface area contributed by atoms with Gasteiger partial charge in [0.05, 0.1) is 6.54 Å². The number of nitrogens with zero attached hydrogens (tertiary/aromatic N) is 4. The third-order valence-corrected chi connectivity index (χ3v) is 3.44. The van der Waals surface area contributed by atoms with Crippen LogP contribution in [0.15, 0.2) is 59.1 Å². The van der Waals surface area contributed by atoms with Crippen molar-refractivity contribution in [2.24, 2.45) is 0 Å². The van der Waals surface area contributed by atoms with Gasteiger partial charge in [-0.3, -0.25) is 0 Å². The van der Waals surface area contributed by atoms with Crippen LogP contribution in [0.25, 0.3) is 11.4 Å². The summed E-state index contributed by atoms with van der Waals surface area (Å²) in [7, 11) is 0. The zero-order chi connectivity index (χ0) is 14.5. The predicted octanol–water partition coefficient (Wildman–Crippen LogP) is 3.21. The zero-order valence-corrected chi connectivity index (χ0v) is 12.9. The van der Waals surface area contributed by atoms with E-state index in [0.29, 0.717) is 12.4 Å². The van der Waals surface area contributed by atoms with Gasteiger partial charge < -0.3 is 5.32 Å². The van der Waals surface area contributed by atoms with E-state index in [1.54, 1.807) is 4.80 Å². The molecule has 3 rings (SSSR count). The molecule has 106 valence electrons. The first-order chi connectivity index (χ1) is 10.3. The molecule has 0 unspecified atom stereocenters. The van der Waals surface area contributed by atoms with Crippen LogP contribution in [-0.4, -0.2) is 26.8 Å². The van der Waals surface area contributed by atoms with Crippen LogP contribution < -0.4 is 5.32 Å². The van der Waals surface area contributed by atoms with E-state index >= 15 is 0 Å². The van der Waals surface area contributed by atoms with Crippen LogP contribution in [0.1, 0.15) is 0 Å². The van der Waals surface area contributed by atoms with Crippen LogP contribution in [0.2, 0.25) is 0 Å². The number of hydrogen-bond acceptors (Lipinski definition) is 4. The van der Waals surface area contributed by atoms with Gasteiger partial charge in [0.25, 0.3) is 0 Å². The molecule has 0 spiro atoms. The highest BCUT2D eigenvalue weighted by atomic mass is 79.9. The summed E-state index contributed by atoms with van der Waals surface area (Å²) in [6, 6.07) is 17.9. The summed E-state index contributed by atoms with van der Waals surface area (Å²) < 4.78 is 1.05. The standard InChI is InChI=1S/C15H14BrN5/c16-13-7-4-8-14(11-13)17-9-10-21-19-15(18-20-21)12-5-2-1-3-6-12/h1-8,11,17H,9-10H2. The van der Waals surface area contributed by atoms with Crippen molar-refractivity contribution in [2.75, 3.05) is 11.9 Å². The summed E-state index contributed by atoms with van der Waals surface area (Å²) in [6.45, 7) is 1.40. The second-order valence-corrected chi connectivity index (χ2v) is 5.43. The first-order valence-corrected chi connectivity index (χ1v) is 7.43. The molecule has 0 fully saturated rings. The summed E-state index contributed by atoms with van der Waals surface area (Å²) in [5.41, 5.74) is 2.04. The van der Waals surface area contributed by atoms with E-state index in [9.17, 15) is 0 Å². The molecule has 0 atom stereocenters. The van der Waals surface area contributed by atoms with Crippen molar-refractivity contribution in [1.82, 2.24) is 20.2 Å². The number of tetrazole rings is 1. The minimum absolute atomic E-state index is 0.651. The monoisotopic (exact) mass is 343 g/mol. The molecule has 3 aromatic rings. The van der Waals surface area contributed by atoms with Crippen LogP contribution in [0.4, 0.5) is 5.69 Å². The Balaban J connectivity index is 1.58. The van der Waals surface area contributed by atoms with Gasteiger partial charge in [0, 0.05) is 22.3 Å². The number of nitrogens with one attached hydrogen (secondary N) is 1. The average Bonchev–Trinajstić information content (AvgIpc) is 2.97. The summed E-state index contributed by atoms with van der Waals surface area (Å²) in [5, 5.41) is 15.8. The highest BCUT2D eigenvalue weighted by molar-refractivity contribution is 9.10. The van der Waals surface area contributed by atoms with E-state index in [0.717, 1.165) is 22.3 Å². The fourth-order valence-electron chi connectivity index (χ4n) is 1.94. The number of rotatable bonds is 5. The van der Waals surface area contributed by atoms with Crippen LogP contribution in [0, 0.1) is 0 Å². The molecule has 1 heterocycles. The molecule has 0 saturated heterocycles. The molecule has 1 N–H and O–H groups in total. The summed E-state index contributed by atoms with van der Waals surface area (Å²) in [4.78, 5) is 1.60. The second kappa shape index (κ2) is 6.49. The lowest BCUT2D eigenvalue weighted by molar-refractivity contribution is 0.539. The third-order valence-electron chi connectivity index (χ3n) is 2.95. The highest BCUT2D eigenvalue weighted by Crippen LogP contribution is 2.15. The van der Waals surface area contributed by atoms with E-state index in [1.807, 2.05) is 54.6 Å². The Morgan fingerprint density at radius 1 is 1.05 bits per heavy atom. The molecule has 0 saturated carbocycles. The maximum atomic E-state index is 4.37. The van der Waals surface area contributed by atoms with Gasteiger partial charge in [-0.1, -0.05) is 52.3 Å². The van der Waals surface area contributed by atoms with Gasteiger partial charge in [-0.15, -0.1) is 10.2 Å². The highest BCUT2D eigenvalue weighted by Gasteiger charge is 2.04. The molecule has 0 radical (unpaired) electrons. The van der Waals surface area contributed by atoms with E-state index in [4.69, 9.17) is 0 Å². The van der Waals surface area contributed by atoms with E-state index in [2.05, 4.69) is 36.7 Å². The largest absolute Gasteiger partial charge is 0.383 e. The number of hydrogen-bond donors (Lipinski definition) is 1. The fourth-order valence-corrected chi connectivity index (χ4v) is 2.34. The van der Waals surface area contributed by atoms with Gasteiger partial charge >= 0.3 is 0 Å². The first-order valence-electron chi connectivity index (χ1n) is 6.64. The molecule has 2 aromatic carbocycles. The van der Waals surface area contributed by atoms with Crippen molar-refractivity contribution < 1.29 is 0 Å². The van der Waals surface area contributed by atoms with Gasteiger partial charge in [-0.25, -0.2) is 0 Å².